The van der Waals surface area contributed by atoms with E-state index in [4.69, 9.17) is 11.6 Å². The summed E-state index contributed by atoms with van der Waals surface area (Å²) in [6, 6.07) is 24.6. The van der Waals surface area contributed by atoms with Gasteiger partial charge in [0.05, 0.1) is 21.8 Å². The lowest BCUT2D eigenvalue weighted by Crippen LogP contribution is -2.22. The molecule has 4 heteroatoms. The molecule has 0 saturated carbocycles. The number of nitrogens with zero attached hydrogens (tertiary/aromatic N) is 2. The van der Waals surface area contributed by atoms with Gasteiger partial charge in [-0.15, -0.1) is 0 Å². The van der Waals surface area contributed by atoms with Crippen LogP contribution >= 0.6 is 11.6 Å². The molecule has 0 atom stereocenters. The lowest BCUT2D eigenvalue weighted by atomic mass is 10.0. The molecule has 116 valence electrons. The zero-order valence-electron chi connectivity index (χ0n) is 12.7. The maximum atomic E-state index is 12.9. The number of aromatic nitrogens is 2. The van der Waals surface area contributed by atoms with Crippen molar-refractivity contribution in [3.8, 4) is 16.9 Å². The van der Waals surface area contributed by atoms with Gasteiger partial charge in [0, 0.05) is 10.9 Å². The Morgan fingerprint density at radius 1 is 0.792 bits per heavy atom. The summed E-state index contributed by atoms with van der Waals surface area (Å²) in [4.78, 5) is 12.9. The molecule has 1 heterocycles. The highest BCUT2D eigenvalue weighted by atomic mass is 35.5. The minimum absolute atomic E-state index is 0.221. The summed E-state index contributed by atoms with van der Waals surface area (Å²) in [6.07, 6.45) is 0. The number of rotatable bonds is 2. The molecule has 0 aliphatic heterocycles. The second kappa shape index (κ2) is 5.95. The number of halogens is 1. The van der Waals surface area contributed by atoms with E-state index in [0.29, 0.717) is 16.1 Å². The van der Waals surface area contributed by atoms with Crippen molar-refractivity contribution in [2.24, 2.45) is 0 Å². The van der Waals surface area contributed by atoms with Gasteiger partial charge in [-0.1, -0.05) is 72.3 Å². The zero-order valence-corrected chi connectivity index (χ0v) is 13.4. The fraction of sp³-hybridized carbons (Fsp3) is 0. The Bertz CT molecular complexity index is 1070. The first kappa shape index (κ1) is 14.7. The highest BCUT2D eigenvalue weighted by molar-refractivity contribution is 6.35. The lowest BCUT2D eigenvalue weighted by Gasteiger charge is -2.12. The van der Waals surface area contributed by atoms with Crippen molar-refractivity contribution in [1.82, 2.24) is 9.78 Å². The molecule has 0 N–H and O–H groups in total. The molecule has 0 aliphatic rings. The smallest absolute Gasteiger partial charge is 0.267 e. The fourth-order valence-corrected chi connectivity index (χ4v) is 3.05. The number of benzene rings is 3. The highest BCUT2D eigenvalue weighted by Crippen LogP contribution is 2.28. The minimum Gasteiger partial charge on any atom is -0.267 e. The van der Waals surface area contributed by atoms with Crippen LogP contribution in [0.5, 0.6) is 0 Å². The molecule has 4 aromatic rings. The predicted molar refractivity (Wildman–Crippen MR) is 97.8 cm³/mol. The third-order valence-electron chi connectivity index (χ3n) is 3.92. The van der Waals surface area contributed by atoms with Gasteiger partial charge in [0.1, 0.15) is 0 Å². The largest absolute Gasteiger partial charge is 0.280 e. The minimum atomic E-state index is -0.221. The van der Waals surface area contributed by atoms with E-state index in [1.54, 1.807) is 6.07 Å². The van der Waals surface area contributed by atoms with E-state index < -0.39 is 0 Å². The molecule has 0 fully saturated rings. The van der Waals surface area contributed by atoms with Crippen molar-refractivity contribution in [3.63, 3.8) is 0 Å². The summed E-state index contributed by atoms with van der Waals surface area (Å²) in [6.45, 7) is 0. The van der Waals surface area contributed by atoms with Crippen molar-refractivity contribution < 1.29 is 0 Å². The van der Waals surface area contributed by atoms with Gasteiger partial charge in [-0.25, -0.2) is 0 Å². The SMILES string of the molecule is O=c1c2c(Cl)cccc2c(-c2ccccc2)nn1-c1ccccc1. The van der Waals surface area contributed by atoms with Crippen molar-refractivity contribution in [1.29, 1.82) is 0 Å². The van der Waals surface area contributed by atoms with E-state index in [1.807, 2.05) is 72.8 Å². The quantitative estimate of drug-likeness (QED) is 0.533. The van der Waals surface area contributed by atoms with Gasteiger partial charge in [-0.3, -0.25) is 4.79 Å². The number of para-hydroxylation sites is 1. The van der Waals surface area contributed by atoms with E-state index in [1.165, 1.54) is 4.68 Å². The fourth-order valence-electron chi connectivity index (χ4n) is 2.80. The van der Waals surface area contributed by atoms with Crippen LogP contribution in [0.4, 0.5) is 0 Å². The average molecular weight is 333 g/mol. The molecular weight excluding hydrogens is 320 g/mol. The molecule has 0 bridgehead atoms. The summed E-state index contributed by atoms with van der Waals surface area (Å²) in [7, 11) is 0. The van der Waals surface area contributed by atoms with Gasteiger partial charge in [0.2, 0.25) is 0 Å². The number of hydrogen-bond donors (Lipinski definition) is 0. The molecule has 0 spiro atoms. The van der Waals surface area contributed by atoms with Crippen molar-refractivity contribution in [3.05, 3.63) is 94.2 Å². The summed E-state index contributed by atoms with van der Waals surface area (Å²) in [5.41, 5.74) is 2.16. The third kappa shape index (κ3) is 2.39. The molecule has 0 aliphatic carbocycles. The van der Waals surface area contributed by atoms with Crippen LogP contribution in [0.1, 0.15) is 0 Å². The molecule has 0 saturated heterocycles. The number of hydrogen-bond acceptors (Lipinski definition) is 2. The van der Waals surface area contributed by atoms with Gasteiger partial charge in [0.25, 0.3) is 5.56 Å². The van der Waals surface area contributed by atoms with E-state index in [2.05, 4.69) is 5.10 Å². The topological polar surface area (TPSA) is 34.9 Å². The van der Waals surface area contributed by atoms with Crippen LogP contribution in [0.15, 0.2) is 83.7 Å². The lowest BCUT2D eigenvalue weighted by molar-refractivity contribution is 0.826. The standard InChI is InChI=1S/C20H13ClN2O/c21-17-13-7-12-16-18(17)20(24)23(15-10-5-2-6-11-15)22-19(16)14-8-3-1-4-9-14/h1-13H. The van der Waals surface area contributed by atoms with Gasteiger partial charge >= 0.3 is 0 Å². The monoisotopic (exact) mass is 332 g/mol. The van der Waals surface area contributed by atoms with Crippen molar-refractivity contribution in [2.75, 3.05) is 0 Å². The summed E-state index contributed by atoms with van der Waals surface area (Å²) in [5, 5.41) is 6.30. The number of fused-ring (bicyclic) bond motifs is 1. The second-order valence-electron chi connectivity index (χ2n) is 5.43. The maximum absolute atomic E-state index is 12.9. The van der Waals surface area contributed by atoms with Crippen LogP contribution in [0.25, 0.3) is 27.7 Å². The van der Waals surface area contributed by atoms with Crippen LogP contribution in [0.2, 0.25) is 5.02 Å². The van der Waals surface area contributed by atoms with E-state index in [9.17, 15) is 4.79 Å². The highest BCUT2D eigenvalue weighted by Gasteiger charge is 2.15. The average Bonchev–Trinajstić information content (AvgIpc) is 2.63. The van der Waals surface area contributed by atoms with Crippen molar-refractivity contribution >= 4 is 22.4 Å². The molecule has 0 unspecified atom stereocenters. The van der Waals surface area contributed by atoms with Crippen LogP contribution in [-0.4, -0.2) is 9.78 Å². The molecular formula is C20H13ClN2O. The van der Waals surface area contributed by atoms with Crippen LogP contribution < -0.4 is 5.56 Å². The molecule has 4 rings (SSSR count). The van der Waals surface area contributed by atoms with Gasteiger partial charge in [-0.05, 0) is 18.2 Å². The Labute approximate surface area is 143 Å². The molecule has 3 nitrogen and oxygen atoms in total. The first-order valence-corrected chi connectivity index (χ1v) is 7.96. The molecule has 0 radical (unpaired) electrons. The second-order valence-corrected chi connectivity index (χ2v) is 5.84. The predicted octanol–water partition coefficient (Wildman–Crippen LogP) is 4.71. The van der Waals surface area contributed by atoms with Crippen molar-refractivity contribution in [2.45, 2.75) is 0 Å². The Morgan fingerprint density at radius 2 is 1.46 bits per heavy atom. The molecule has 0 amide bonds. The zero-order chi connectivity index (χ0) is 16.5. The van der Waals surface area contributed by atoms with Crippen LogP contribution in [-0.2, 0) is 0 Å². The third-order valence-corrected chi connectivity index (χ3v) is 4.24. The normalized spacial score (nSPS) is 10.9. The van der Waals surface area contributed by atoms with Gasteiger partial charge < -0.3 is 0 Å². The Balaban J connectivity index is 2.15. The first-order valence-electron chi connectivity index (χ1n) is 7.58. The summed E-state index contributed by atoms with van der Waals surface area (Å²) >= 11 is 6.34. The van der Waals surface area contributed by atoms with Crippen LogP contribution in [0, 0.1) is 0 Å². The Kier molecular flexibility index (Phi) is 3.63. The van der Waals surface area contributed by atoms with Crippen LogP contribution in [0.3, 0.4) is 0 Å². The van der Waals surface area contributed by atoms with E-state index in [0.717, 1.165) is 16.6 Å². The molecule has 24 heavy (non-hydrogen) atoms. The molecule has 3 aromatic carbocycles. The summed E-state index contributed by atoms with van der Waals surface area (Å²) < 4.78 is 1.41. The molecule has 1 aromatic heterocycles. The Hall–Kier alpha value is -2.91. The van der Waals surface area contributed by atoms with E-state index in [-0.39, 0.29) is 5.56 Å². The maximum Gasteiger partial charge on any atom is 0.280 e. The van der Waals surface area contributed by atoms with Gasteiger partial charge in [0.15, 0.2) is 0 Å². The first-order chi connectivity index (χ1) is 11.8. The van der Waals surface area contributed by atoms with E-state index >= 15 is 0 Å². The van der Waals surface area contributed by atoms with Gasteiger partial charge in [-0.2, -0.15) is 9.78 Å². The summed E-state index contributed by atoms with van der Waals surface area (Å²) in [5.74, 6) is 0. The Morgan fingerprint density at radius 3 is 2.17 bits per heavy atom.